The van der Waals surface area contributed by atoms with Gasteiger partial charge in [-0.2, -0.15) is 0 Å². The summed E-state index contributed by atoms with van der Waals surface area (Å²) in [6.07, 6.45) is 1.18. The van der Waals surface area contributed by atoms with Gasteiger partial charge in [0.15, 0.2) is 0 Å². The SMILES string of the molecule is CCc1cccs1.I. The summed E-state index contributed by atoms with van der Waals surface area (Å²) >= 11 is 1.82. The Morgan fingerprint density at radius 3 is 2.62 bits per heavy atom. The number of rotatable bonds is 1. The van der Waals surface area contributed by atoms with Crippen molar-refractivity contribution >= 4 is 35.3 Å². The van der Waals surface area contributed by atoms with Crippen molar-refractivity contribution in [2.45, 2.75) is 13.3 Å². The van der Waals surface area contributed by atoms with Gasteiger partial charge in [0.2, 0.25) is 0 Å². The summed E-state index contributed by atoms with van der Waals surface area (Å²) in [5, 5.41) is 2.11. The van der Waals surface area contributed by atoms with Crippen molar-refractivity contribution in [2.75, 3.05) is 0 Å². The molecule has 0 spiro atoms. The largest absolute Gasteiger partial charge is 0.149 e. The molecule has 0 nitrogen and oxygen atoms in total. The van der Waals surface area contributed by atoms with Crippen LogP contribution in [-0.4, -0.2) is 0 Å². The molecule has 0 saturated heterocycles. The van der Waals surface area contributed by atoms with Gasteiger partial charge in [0.1, 0.15) is 0 Å². The van der Waals surface area contributed by atoms with E-state index in [-0.39, 0.29) is 24.0 Å². The molecule has 1 aromatic heterocycles. The molecule has 0 radical (unpaired) electrons. The fourth-order valence-electron chi connectivity index (χ4n) is 0.514. The minimum absolute atomic E-state index is 0. The molecule has 0 atom stereocenters. The second kappa shape index (κ2) is 4.32. The monoisotopic (exact) mass is 240 g/mol. The lowest BCUT2D eigenvalue weighted by molar-refractivity contribution is 1.19. The van der Waals surface area contributed by atoms with Crippen molar-refractivity contribution in [1.29, 1.82) is 0 Å². The van der Waals surface area contributed by atoms with Crippen molar-refractivity contribution in [3.05, 3.63) is 22.4 Å². The van der Waals surface area contributed by atoms with Gasteiger partial charge >= 0.3 is 0 Å². The molecule has 1 heterocycles. The van der Waals surface area contributed by atoms with Crippen LogP contribution in [0.15, 0.2) is 17.5 Å². The number of aryl methyl sites for hydroxylation is 1. The van der Waals surface area contributed by atoms with E-state index in [0.29, 0.717) is 0 Å². The minimum atomic E-state index is 0. The van der Waals surface area contributed by atoms with E-state index in [0.717, 1.165) is 0 Å². The smallest absolute Gasteiger partial charge is 0.00424 e. The van der Waals surface area contributed by atoms with Crippen LogP contribution < -0.4 is 0 Å². The first-order chi connectivity index (χ1) is 3.43. The lowest BCUT2D eigenvalue weighted by atomic mass is 10.4. The van der Waals surface area contributed by atoms with Crippen molar-refractivity contribution in [1.82, 2.24) is 0 Å². The van der Waals surface area contributed by atoms with Gasteiger partial charge in [0.05, 0.1) is 0 Å². The Hall–Kier alpha value is 0.430. The Bertz CT molecular complexity index is 123. The summed E-state index contributed by atoms with van der Waals surface area (Å²) in [5.41, 5.74) is 0. The molecule has 0 aliphatic heterocycles. The van der Waals surface area contributed by atoms with Crippen LogP contribution in [0.25, 0.3) is 0 Å². The van der Waals surface area contributed by atoms with E-state index >= 15 is 0 Å². The van der Waals surface area contributed by atoms with Crippen LogP contribution in [0.5, 0.6) is 0 Å². The van der Waals surface area contributed by atoms with Crippen molar-refractivity contribution < 1.29 is 0 Å². The molecule has 1 rings (SSSR count). The first-order valence-electron chi connectivity index (χ1n) is 2.46. The van der Waals surface area contributed by atoms with E-state index in [9.17, 15) is 0 Å². The molecular weight excluding hydrogens is 231 g/mol. The van der Waals surface area contributed by atoms with Gasteiger partial charge in [0, 0.05) is 4.88 Å². The minimum Gasteiger partial charge on any atom is -0.149 e. The van der Waals surface area contributed by atoms with Crippen LogP contribution in [0.2, 0.25) is 0 Å². The van der Waals surface area contributed by atoms with Gasteiger partial charge in [-0.15, -0.1) is 35.3 Å². The highest BCUT2D eigenvalue weighted by molar-refractivity contribution is 14.0. The molecule has 0 unspecified atom stereocenters. The second-order valence-electron chi connectivity index (χ2n) is 1.43. The fourth-order valence-corrected chi connectivity index (χ4v) is 1.17. The first-order valence-corrected chi connectivity index (χ1v) is 3.34. The van der Waals surface area contributed by atoms with E-state index in [1.54, 1.807) is 0 Å². The molecule has 0 aliphatic rings. The van der Waals surface area contributed by atoms with Crippen LogP contribution in [0.4, 0.5) is 0 Å². The fraction of sp³-hybridized carbons (Fsp3) is 0.333. The lowest BCUT2D eigenvalue weighted by Gasteiger charge is -1.78. The Morgan fingerprint density at radius 2 is 2.38 bits per heavy atom. The molecule has 0 saturated carbocycles. The Kier molecular flexibility index (Phi) is 4.56. The lowest BCUT2D eigenvalue weighted by Crippen LogP contribution is -1.63. The number of hydrogen-bond acceptors (Lipinski definition) is 1. The quantitative estimate of drug-likeness (QED) is 0.662. The molecule has 1 aromatic rings. The van der Waals surface area contributed by atoms with Gasteiger partial charge in [-0.1, -0.05) is 13.0 Å². The molecule has 0 aromatic carbocycles. The van der Waals surface area contributed by atoms with Crippen LogP contribution in [0.3, 0.4) is 0 Å². The molecule has 0 amide bonds. The van der Waals surface area contributed by atoms with Crippen LogP contribution in [0, 0.1) is 0 Å². The number of halogens is 1. The normalized spacial score (nSPS) is 8.12. The Morgan fingerprint density at radius 1 is 1.62 bits per heavy atom. The maximum atomic E-state index is 2.17. The summed E-state index contributed by atoms with van der Waals surface area (Å²) < 4.78 is 0. The molecule has 8 heavy (non-hydrogen) atoms. The third kappa shape index (κ3) is 2.13. The average Bonchev–Trinajstić information content (AvgIpc) is 2.14. The summed E-state index contributed by atoms with van der Waals surface area (Å²) in [7, 11) is 0. The zero-order valence-electron chi connectivity index (χ0n) is 4.76. The van der Waals surface area contributed by atoms with Gasteiger partial charge in [-0.3, -0.25) is 0 Å². The summed E-state index contributed by atoms with van der Waals surface area (Å²) in [6.45, 7) is 2.17. The van der Waals surface area contributed by atoms with E-state index in [1.807, 2.05) is 11.3 Å². The van der Waals surface area contributed by atoms with Crippen molar-refractivity contribution in [3.8, 4) is 0 Å². The number of hydrogen-bond donors (Lipinski definition) is 0. The zero-order valence-corrected chi connectivity index (χ0v) is 7.90. The van der Waals surface area contributed by atoms with Crippen LogP contribution in [-0.2, 0) is 6.42 Å². The zero-order chi connectivity index (χ0) is 5.11. The molecule has 0 N–H and O–H groups in total. The maximum Gasteiger partial charge on any atom is 0.00424 e. The Balaban J connectivity index is 0.000000490. The van der Waals surface area contributed by atoms with E-state index in [2.05, 4.69) is 24.4 Å². The summed E-state index contributed by atoms with van der Waals surface area (Å²) in [6, 6.07) is 4.24. The van der Waals surface area contributed by atoms with E-state index in [1.165, 1.54) is 11.3 Å². The highest BCUT2D eigenvalue weighted by Gasteiger charge is 1.82. The van der Waals surface area contributed by atoms with Gasteiger partial charge in [-0.25, -0.2) is 0 Å². The Labute approximate surface area is 70.9 Å². The van der Waals surface area contributed by atoms with E-state index < -0.39 is 0 Å². The van der Waals surface area contributed by atoms with Gasteiger partial charge in [-0.05, 0) is 17.9 Å². The third-order valence-corrected chi connectivity index (χ3v) is 1.95. The molecule has 0 bridgehead atoms. The van der Waals surface area contributed by atoms with Crippen LogP contribution >= 0.6 is 35.3 Å². The highest BCUT2D eigenvalue weighted by Crippen LogP contribution is 2.07. The maximum absolute atomic E-state index is 2.17. The predicted molar refractivity (Wildman–Crippen MR) is 49.1 cm³/mol. The van der Waals surface area contributed by atoms with E-state index in [4.69, 9.17) is 0 Å². The average molecular weight is 240 g/mol. The number of thiophene rings is 1. The highest BCUT2D eigenvalue weighted by atomic mass is 127. The first kappa shape index (κ1) is 8.43. The van der Waals surface area contributed by atoms with Crippen LogP contribution in [0.1, 0.15) is 11.8 Å². The molecule has 0 aliphatic carbocycles. The molecule has 46 valence electrons. The second-order valence-corrected chi connectivity index (χ2v) is 2.47. The predicted octanol–water partition coefficient (Wildman–Crippen LogP) is 2.93. The molecular formula is C6H9IS. The van der Waals surface area contributed by atoms with Crippen molar-refractivity contribution in [3.63, 3.8) is 0 Å². The molecule has 0 fully saturated rings. The summed E-state index contributed by atoms with van der Waals surface area (Å²) in [4.78, 5) is 1.47. The van der Waals surface area contributed by atoms with Gasteiger partial charge in [0.25, 0.3) is 0 Å². The van der Waals surface area contributed by atoms with Crippen molar-refractivity contribution in [2.24, 2.45) is 0 Å². The summed E-state index contributed by atoms with van der Waals surface area (Å²) in [5.74, 6) is 0. The third-order valence-electron chi connectivity index (χ3n) is 0.929. The standard InChI is InChI=1S/C6H8S.HI/c1-2-6-4-3-5-7-6;/h3-5H,2H2,1H3;1H. The molecule has 2 heteroatoms. The topological polar surface area (TPSA) is 0 Å². The van der Waals surface area contributed by atoms with Gasteiger partial charge < -0.3 is 0 Å².